The first-order chi connectivity index (χ1) is 12.2. The summed E-state index contributed by atoms with van der Waals surface area (Å²) in [6.07, 6.45) is 3.93. The van der Waals surface area contributed by atoms with Gasteiger partial charge in [0.1, 0.15) is 6.61 Å². The van der Waals surface area contributed by atoms with E-state index in [0.29, 0.717) is 30.4 Å². The lowest BCUT2D eigenvalue weighted by Crippen LogP contribution is -2.31. The third-order valence-corrected chi connectivity index (χ3v) is 5.30. The number of hydrogen-bond donors (Lipinski definition) is 1. The Hall–Kier alpha value is -1.92. The quantitative estimate of drug-likeness (QED) is 0.869. The van der Waals surface area contributed by atoms with Crippen molar-refractivity contribution in [3.63, 3.8) is 0 Å². The Kier molecular flexibility index (Phi) is 4.48. The van der Waals surface area contributed by atoms with Gasteiger partial charge in [-0.05, 0) is 50.8 Å². The van der Waals surface area contributed by atoms with Gasteiger partial charge >= 0.3 is 0 Å². The van der Waals surface area contributed by atoms with Gasteiger partial charge in [-0.15, -0.1) is 0 Å². The number of methoxy groups -OCH3 is 1. The van der Waals surface area contributed by atoms with E-state index in [2.05, 4.69) is 40.3 Å². The third-order valence-electron chi connectivity index (χ3n) is 5.30. The van der Waals surface area contributed by atoms with Gasteiger partial charge in [0.05, 0.1) is 0 Å². The summed E-state index contributed by atoms with van der Waals surface area (Å²) in [5.41, 5.74) is 3.27. The van der Waals surface area contributed by atoms with Gasteiger partial charge in [-0.1, -0.05) is 11.2 Å². The molecule has 1 saturated carbocycles. The molecule has 0 unspecified atom stereocenters. The molecule has 4 rings (SSSR count). The van der Waals surface area contributed by atoms with Crippen molar-refractivity contribution in [2.24, 2.45) is 0 Å². The molecular weight excluding hydrogens is 316 g/mol. The predicted octanol–water partition coefficient (Wildman–Crippen LogP) is 3.23. The van der Waals surface area contributed by atoms with Gasteiger partial charge in [0.15, 0.2) is 5.82 Å². The van der Waals surface area contributed by atoms with Crippen molar-refractivity contribution in [2.45, 2.75) is 57.8 Å². The standard InChI is InChI=1S/C19H26N4O2/c1-12-9-14(10-23(12)15-7-8-15)20-17-6-4-5-16(13(17)2)19-21-18(11-24-3)22-25-19/h4-6,12,14-15,20H,7-11H2,1-3H3/t12-,14-/m1/s1. The van der Waals surface area contributed by atoms with Gasteiger partial charge in [-0.2, -0.15) is 4.98 Å². The number of likely N-dealkylation sites (tertiary alicyclic amines) is 1. The van der Waals surface area contributed by atoms with Crippen LogP contribution < -0.4 is 5.32 Å². The first-order valence-corrected chi connectivity index (χ1v) is 9.09. The van der Waals surface area contributed by atoms with Crippen LogP contribution in [0.3, 0.4) is 0 Å². The van der Waals surface area contributed by atoms with Gasteiger partial charge in [0.2, 0.25) is 0 Å². The fourth-order valence-electron chi connectivity index (χ4n) is 3.87. The second kappa shape index (κ2) is 6.77. The van der Waals surface area contributed by atoms with E-state index in [9.17, 15) is 0 Å². The Morgan fingerprint density at radius 1 is 1.36 bits per heavy atom. The molecule has 6 heteroatoms. The second-order valence-corrected chi connectivity index (χ2v) is 7.28. The summed E-state index contributed by atoms with van der Waals surface area (Å²) in [4.78, 5) is 7.08. The lowest BCUT2D eigenvalue weighted by Gasteiger charge is -2.20. The number of hydrogen-bond acceptors (Lipinski definition) is 6. The van der Waals surface area contributed by atoms with Crippen molar-refractivity contribution < 1.29 is 9.26 Å². The first kappa shape index (κ1) is 16.5. The zero-order chi connectivity index (χ0) is 17.4. The minimum atomic E-state index is 0.359. The van der Waals surface area contributed by atoms with Crippen LogP contribution in [0, 0.1) is 6.92 Å². The van der Waals surface area contributed by atoms with E-state index in [-0.39, 0.29) is 0 Å². The van der Waals surface area contributed by atoms with Crippen molar-refractivity contribution in [1.82, 2.24) is 15.0 Å². The SMILES string of the molecule is COCc1noc(-c2cccc(N[C@@H]3C[C@@H](C)N(C4CC4)C3)c2C)n1. The maximum absolute atomic E-state index is 5.41. The zero-order valence-electron chi connectivity index (χ0n) is 15.2. The van der Waals surface area contributed by atoms with E-state index in [0.717, 1.165) is 29.4 Å². The van der Waals surface area contributed by atoms with Gasteiger partial charge in [0.25, 0.3) is 5.89 Å². The van der Waals surface area contributed by atoms with Gasteiger partial charge in [-0.25, -0.2) is 0 Å². The maximum Gasteiger partial charge on any atom is 0.258 e. The summed E-state index contributed by atoms with van der Waals surface area (Å²) < 4.78 is 10.5. The second-order valence-electron chi connectivity index (χ2n) is 7.28. The molecule has 2 fully saturated rings. The van der Waals surface area contributed by atoms with Crippen molar-refractivity contribution in [3.05, 3.63) is 29.6 Å². The molecule has 2 atom stereocenters. The Labute approximate surface area is 148 Å². The highest BCUT2D eigenvalue weighted by Gasteiger charge is 2.38. The zero-order valence-corrected chi connectivity index (χ0v) is 15.2. The summed E-state index contributed by atoms with van der Waals surface area (Å²) in [6.45, 7) is 5.94. The smallest absolute Gasteiger partial charge is 0.258 e. The van der Waals surface area contributed by atoms with Gasteiger partial charge in [0, 0.05) is 43.0 Å². The lowest BCUT2D eigenvalue weighted by atomic mass is 10.1. The molecule has 0 bridgehead atoms. The molecule has 0 spiro atoms. The van der Waals surface area contributed by atoms with E-state index < -0.39 is 0 Å². The molecule has 1 aromatic carbocycles. The first-order valence-electron chi connectivity index (χ1n) is 9.09. The summed E-state index contributed by atoms with van der Waals surface area (Å²) in [6, 6.07) is 8.19. The molecule has 2 aliphatic rings. The highest BCUT2D eigenvalue weighted by atomic mass is 16.5. The Bertz CT molecular complexity index is 741. The molecule has 0 amide bonds. The van der Waals surface area contributed by atoms with Crippen LogP contribution in [-0.4, -0.2) is 46.8 Å². The lowest BCUT2D eigenvalue weighted by molar-refractivity contribution is 0.174. The number of aromatic nitrogens is 2. The number of nitrogens with zero attached hydrogens (tertiary/aromatic N) is 3. The molecule has 1 N–H and O–H groups in total. The fraction of sp³-hybridized carbons (Fsp3) is 0.579. The highest BCUT2D eigenvalue weighted by molar-refractivity contribution is 5.68. The van der Waals surface area contributed by atoms with E-state index in [1.165, 1.54) is 19.3 Å². The molecule has 2 heterocycles. The highest BCUT2D eigenvalue weighted by Crippen LogP contribution is 2.35. The largest absolute Gasteiger partial charge is 0.381 e. The molecule has 1 saturated heterocycles. The van der Waals surface area contributed by atoms with E-state index >= 15 is 0 Å². The van der Waals surface area contributed by atoms with Crippen molar-refractivity contribution in [3.8, 4) is 11.5 Å². The Balaban J connectivity index is 1.51. The minimum Gasteiger partial charge on any atom is -0.381 e. The molecular formula is C19H26N4O2. The average Bonchev–Trinajstić information content (AvgIpc) is 3.22. The Morgan fingerprint density at radius 3 is 2.96 bits per heavy atom. The maximum atomic E-state index is 5.41. The van der Waals surface area contributed by atoms with Crippen LogP contribution in [-0.2, 0) is 11.3 Å². The summed E-state index contributed by atoms with van der Waals surface area (Å²) in [5.74, 6) is 1.12. The van der Waals surface area contributed by atoms with Crippen LogP contribution in [0.5, 0.6) is 0 Å². The van der Waals surface area contributed by atoms with Crippen LogP contribution in [0.25, 0.3) is 11.5 Å². The van der Waals surface area contributed by atoms with E-state index in [1.54, 1.807) is 7.11 Å². The molecule has 134 valence electrons. The van der Waals surface area contributed by atoms with Crippen molar-refractivity contribution in [1.29, 1.82) is 0 Å². The van der Waals surface area contributed by atoms with Gasteiger partial charge in [-0.3, -0.25) is 4.90 Å². The summed E-state index contributed by atoms with van der Waals surface area (Å²) in [7, 11) is 1.62. The molecule has 1 aromatic heterocycles. The number of ether oxygens (including phenoxy) is 1. The van der Waals surface area contributed by atoms with Gasteiger partial charge < -0.3 is 14.6 Å². The number of benzene rings is 1. The van der Waals surface area contributed by atoms with E-state index in [4.69, 9.17) is 9.26 Å². The monoisotopic (exact) mass is 342 g/mol. The van der Waals surface area contributed by atoms with Crippen LogP contribution in [0.4, 0.5) is 5.69 Å². The topological polar surface area (TPSA) is 63.4 Å². The fourth-order valence-corrected chi connectivity index (χ4v) is 3.87. The van der Waals surface area contributed by atoms with Crippen molar-refractivity contribution in [2.75, 3.05) is 19.0 Å². The third kappa shape index (κ3) is 3.41. The normalized spacial score (nSPS) is 24.0. The molecule has 2 aromatic rings. The Morgan fingerprint density at radius 2 is 2.20 bits per heavy atom. The summed E-state index contributed by atoms with van der Waals surface area (Å²) in [5, 5.41) is 7.70. The van der Waals surface area contributed by atoms with Crippen LogP contribution >= 0.6 is 0 Å². The molecule has 1 aliphatic carbocycles. The van der Waals surface area contributed by atoms with Crippen LogP contribution in [0.1, 0.15) is 37.6 Å². The minimum absolute atomic E-state index is 0.359. The van der Waals surface area contributed by atoms with Crippen LogP contribution in [0.2, 0.25) is 0 Å². The number of rotatable bonds is 6. The average molecular weight is 342 g/mol. The van der Waals surface area contributed by atoms with Crippen molar-refractivity contribution >= 4 is 5.69 Å². The number of nitrogens with one attached hydrogen (secondary N) is 1. The molecule has 25 heavy (non-hydrogen) atoms. The predicted molar refractivity (Wildman–Crippen MR) is 96.4 cm³/mol. The molecule has 6 nitrogen and oxygen atoms in total. The van der Waals surface area contributed by atoms with E-state index in [1.807, 2.05) is 12.1 Å². The molecule has 0 radical (unpaired) electrons. The van der Waals surface area contributed by atoms with Crippen LogP contribution in [0.15, 0.2) is 22.7 Å². The molecule has 1 aliphatic heterocycles. The summed E-state index contributed by atoms with van der Waals surface area (Å²) >= 11 is 0. The number of anilines is 1.